The van der Waals surface area contributed by atoms with Crippen LogP contribution in [0.5, 0.6) is 0 Å². The summed E-state index contributed by atoms with van der Waals surface area (Å²) >= 11 is 0. The molecule has 0 atom stereocenters. The van der Waals surface area contributed by atoms with E-state index < -0.39 is 0 Å². The second-order valence-corrected chi connectivity index (χ2v) is 6.67. The lowest BCUT2D eigenvalue weighted by molar-refractivity contribution is -0.116. The fraction of sp³-hybridized carbons (Fsp3) is 0.125. The monoisotopic (exact) mass is 354 g/mol. The number of nitrogens with one attached hydrogen (secondary N) is 2. The molecular formula is C24H22N2O. The van der Waals surface area contributed by atoms with Gasteiger partial charge in [0.15, 0.2) is 0 Å². The third kappa shape index (κ3) is 3.93. The van der Waals surface area contributed by atoms with E-state index in [4.69, 9.17) is 0 Å². The predicted octanol–water partition coefficient (Wildman–Crippen LogP) is 5.80. The normalized spacial score (nSPS) is 10.8. The van der Waals surface area contributed by atoms with Crippen molar-refractivity contribution in [2.75, 3.05) is 5.32 Å². The zero-order valence-corrected chi connectivity index (χ0v) is 15.1. The Hall–Kier alpha value is -3.33. The summed E-state index contributed by atoms with van der Waals surface area (Å²) in [5, 5.41) is 4.32. The van der Waals surface area contributed by atoms with E-state index in [1.54, 1.807) is 0 Å². The van der Waals surface area contributed by atoms with E-state index in [9.17, 15) is 4.79 Å². The molecule has 1 heterocycles. The summed E-state index contributed by atoms with van der Waals surface area (Å²) in [4.78, 5) is 15.8. The highest BCUT2D eigenvalue weighted by Crippen LogP contribution is 2.27. The number of hydrogen-bond donors (Lipinski definition) is 2. The van der Waals surface area contributed by atoms with Crippen LogP contribution in [0.3, 0.4) is 0 Å². The van der Waals surface area contributed by atoms with Crippen LogP contribution in [0.15, 0.2) is 85.1 Å². The van der Waals surface area contributed by atoms with Gasteiger partial charge in [-0.15, -0.1) is 0 Å². The first-order valence-electron chi connectivity index (χ1n) is 9.30. The van der Waals surface area contributed by atoms with Gasteiger partial charge in [0.25, 0.3) is 0 Å². The number of carbonyl (C=O) groups is 1. The molecule has 0 saturated carbocycles. The Kier molecular flexibility index (Phi) is 5.01. The van der Waals surface area contributed by atoms with Gasteiger partial charge in [0.1, 0.15) is 0 Å². The molecule has 0 spiro atoms. The van der Waals surface area contributed by atoms with E-state index in [2.05, 4.69) is 34.6 Å². The Morgan fingerprint density at radius 3 is 2.48 bits per heavy atom. The van der Waals surface area contributed by atoms with E-state index in [0.29, 0.717) is 6.42 Å². The molecule has 0 fully saturated rings. The molecule has 0 bridgehead atoms. The van der Waals surface area contributed by atoms with Gasteiger partial charge in [0.2, 0.25) is 5.91 Å². The fourth-order valence-electron chi connectivity index (χ4n) is 3.45. The lowest BCUT2D eigenvalue weighted by Crippen LogP contribution is -2.12. The quantitative estimate of drug-likeness (QED) is 0.452. The molecule has 0 aliphatic heterocycles. The summed E-state index contributed by atoms with van der Waals surface area (Å²) in [6, 6.07) is 26.3. The number of aromatic nitrogens is 1. The van der Waals surface area contributed by atoms with Crippen molar-refractivity contribution in [3.8, 4) is 11.1 Å². The molecule has 4 rings (SSSR count). The van der Waals surface area contributed by atoms with Gasteiger partial charge < -0.3 is 10.3 Å². The summed E-state index contributed by atoms with van der Waals surface area (Å²) < 4.78 is 0. The van der Waals surface area contributed by atoms with Crippen molar-refractivity contribution < 1.29 is 4.79 Å². The highest BCUT2D eigenvalue weighted by atomic mass is 16.1. The van der Waals surface area contributed by atoms with E-state index in [1.165, 1.54) is 10.9 Å². The third-order valence-electron chi connectivity index (χ3n) is 4.81. The molecule has 0 radical (unpaired) electrons. The average Bonchev–Trinajstić information content (AvgIpc) is 3.12. The van der Waals surface area contributed by atoms with Gasteiger partial charge in [-0.1, -0.05) is 66.7 Å². The Morgan fingerprint density at radius 2 is 1.59 bits per heavy atom. The van der Waals surface area contributed by atoms with E-state index in [0.717, 1.165) is 35.2 Å². The smallest absolute Gasteiger partial charge is 0.224 e. The number of anilines is 1. The molecule has 4 aromatic rings. The van der Waals surface area contributed by atoms with Crippen molar-refractivity contribution in [2.45, 2.75) is 19.3 Å². The van der Waals surface area contributed by atoms with Crippen LogP contribution < -0.4 is 5.32 Å². The minimum absolute atomic E-state index is 0.0539. The Labute approximate surface area is 159 Å². The minimum Gasteiger partial charge on any atom is -0.361 e. The van der Waals surface area contributed by atoms with Crippen LogP contribution in [0, 0.1) is 0 Å². The van der Waals surface area contributed by atoms with Gasteiger partial charge in [-0.25, -0.2) is 0 Å². The molecule has 0 aliphatic carbocycles. The maximum atomic E-state index is 12.5. The summed E-state index contributed by atoms with van der Waals surface area (Å²) in [5.74, 6) is 0.0539. The molecule has 0 saturated heterocycles. The van der Waals surface area contributed by atoms with Gasteiger partial charge >= 0.3 is 0 Å². The summed E-state index contributed by atoms with van der Waals surface area (Å²) in [6.07, 6.45) is 4.26. The lowest BCUT2D eigenvalue weighted by Gasteiger charge is -2.11. The molecular weight excluding hydrogens is 332 g/mol. The third-order valence-corrected chi connectivity index (χ3v) is 4.81. The van der Waals surface area contributed by atoms with Crippen LogP contribution >= 0.6 is 0 Å². The standard InChI is InChI=1S/C24H22N2O/c27-24(16-8-11-19-17-25-22-14-6-4-13-21(19)22)26-23-15-7-5-12-20(23)18-9-2-1-3-10-18/h1-7,9-10,12-15,17,25H,8,11,16H2,(H,26,27). The van der Waals surface area contributed by atoms with Crippen molar-refractivity contribution in [1.82, 2.24) is 4.98 Å². The second kappa shape index (κ2) is 7.92. The number of H-pyrrole nitrogens is 1. The summed E-state index contributed by atoms with van der Waals surface area (Å²) in [6.45, 7) is 0. The first kappa shape index (κ1) is 17.1. The SMILES string of the molecule is O=C(CCCc1c[nH]c2ccccc12)Nc1ccccc1-c1ccccc1. The molecule has 3 aromatic carbocycles. The van der Waals surface area contributed by atoms with Gasteiger partial charge in [0, 0.05) is 34.8 Å². The summed E-state index contributed by atoms with van der Waals surface area (Å²) in [7, 11) is 0. The van der Waals surface area contributed by atoms with Crippen LogP contribution in [0.2, 0.25) is 0 Å². The zero-order chi connectivity index (χ0) is 18.5. The number of hydrogen-bond acceptors (Lipinski definition) is 1. The molecule has 1 amide bonds. The molecule has 1 aromatic heterocycles. The number of aryl methyl sites for hydroxylation is 1. The van der Waals surface area contributed by atoms with Crippen LogP contribution in [0.25, 0.3) is 22.0 Å². The van der Waals surface area contributed by atoms with Gasteiger partial charge in [0.05, 0.1) is 0 Å². The van der Waals surface area contributed by atoms with Gasteiger partial charge in [-0.3, -0.25) is 4.79 Å². The number of aromatic amines is 1. The number of fused-ring (bicyclic) bond motifs is 1. The highest BCUT2D eigenvalue weighted by molar-refractivity contribution is 5.95. The van der Waals surface area contributed by atoms with Gasteiger partial charge in [-0.05, 0) is 36.1 Å². The van der Waals surface area contributed by atoms with Gasteiger partial charge in [-0.2, -0.15) is 0 Å². The molecule has 3 nitrogen and oxygen atoms in total. The minimum atomic E-state index is 0.0539. The van der Waals surface area contributed by atoms with Crippen LogP contribution in [-0.4, -0.2) is 10.9 Å². The largest absolute Gasteiger partial charge is 0.361 e. The second-order valence-electron chi connectivity index (χ2n) is 6.67. The number of rotatable bonds is 6. The zero-order valence-electron chi connectivity index (χ0n) is 15.1. The van der Waals surface area contributed by atoms with E-state index in [1.807, 2.05) is 60.8 Å². The Bertz CT molecular complexity index is 1050. The summed E-state index contributed by atoms with van der Waals surface area (Å²) in [5.41, 5.74) is 5.42. The van der Waals surface area contributed by atoms with E-state index >= 15 is 0 Å². The van der Waals surface area contributed by atoms with Crippen molar-refractivity contribution in [1.29, 1.82) is 0 Å². The molecule has 134 valence electrons. The van der Waals surface area contributed by atoms with Crippen LogP contribution in [0.1, 0.15) is 18.4 Å². The highest BCUT2D eigenvalue weighted by Gasteiger charge is 2.09. The Morgan fingerprint density at radius 1 is 0.852 bits per heavy atom. The topological polar surface area (TPSA) is 44.9 Å². The van der Waals surface area contributed by atoms with Crippen molar-refractivity contribution in [2.24, 2.45) is 0 Å². The lowest BCUT2D eigenvalue weighted by atomic mass is 10.0. The molecule has 3 heteroatoms. The maximum Gasteiger partial charge on any atom is 0.224 e. The number of para-hydroxylation sites is 2. The maximum absolute atomic E-state index is 12.5. The van der Waals surface area contributed by atoms with Crippen LogP contribution in [-0.2, 0) is 11.2 Å². The Balaban J connectivity index is 1.39. The fourth-order valence-corrected chi connectivity index (χ4v) is 3.45. The number of carbonyl (C=O) groups excluding carboxylic acids is 1. The van der Waals surface area contributed by atoms with Crippen molar-refractivity contribution >= 4 is 22.5 Å². The average molecular weight is 354 g/mol. The molecule has 2 N–H and O–H groups in total. The molecule has 27 heavy (non-hydrogen) atoms. The van der Waals surface area contributed by atoms with Crippen molar-refractivity contribution in [3.63, 3.8) is 0 Å². The van der Waals surface area contributed by atoms with Crippen molar-refractivity contribution in [3.05, 3.63) is 90.6 Å². The predicted molar refractivity (Wildman–Crippen MR) is 112 cm³/mol. The number of benzene rings is 3. The number of amides is 1. The van der Waals surface area contributed by atoms with E-state index in [-0.39, 0.29) is 5.91 Å². The molecule has 0 unspecified atom stereocenters. The van der Waals surface area contributed by atoms with Crippen LogP contribution in [0.4, 0.5) is 5.69 Å². The molecule has 0 aliphatic rings. The first-order chi connectivity index (χ1) is 13.3. The first-order valence-corrected chi connectivity index (χ1v) is 9.30.